The van der Waals surface area contributed by atoms with Gasteiger partial charge in [-0.05, 0) is 48.4 Å². The maximum absolute atomic E-state index is 12.5. The molecule has 4 rings (SSSR count). The molecular formula is C25H28N2O5. The fraction of sp³-hybridized carbons (Fsp3) is 0.400. The Hall–Kier alpha value is -3.35. The average molecular weight is 437 g/mol. The lowest BCUT2D eigenvalue weighted by Crippen LogP contribution is -2.43. The van der Waals surface area contributed by atoms with Gasteiger partial charge in [0.15, 0.2) is 0 Å². The summed E-state index contributed by atoms with van der Waals surface area (Å²) in [5.41, 5.74) is 4.07. The summed E-state index contributed by atoms with van der Waals surface area (Å²) in [4.78, 5) is 35.5. The van der Waals surface area contributed by atoms with Crippen molar-refractivity contribution in [3.8, 4) is 11.1 Å². The highest BCUT2D eigenvalue weighted by Gasteiger charge is 2.46. The molecule has 0 bridgehead atoms. The first-order chi connectivity index (χ1) is 15.4. The molecule has 3 N–H and O–H groups in total. The zero-order valence-corrected chi connectivity index (χ0v) is 18.1. The third-order valence-electron chi connectivity index (χ3n) is 6.26. The van der Waals surface area contributed by atoms with E-state index in [0.717, 1.165) is 11.1 Å². The molecule has 2 aliphatic rings. The molecule has 1 saturated carbocycles. The number of ether oxygens (including phenoxy) is 1. The number of hydrogen-bond acceptors (Lipinski definition) is 4. The van der Waals surface area contributed by atoms with Crippen molar-refractivity contribution in [1.82, 2.24) is 10.6 Å². The third-order valence-corrected chi connectivity index (χ3v) is 6.26. The third kappa shape index (κ3) is 4.93. The van der Waals surface area contributed by atoms with Gasteiger partial charge in [0.2, 0.25) is 5.91 Å². The lowest BCUT2D eigenvalue weighted by atomic mass is 9.98. The number of hydrogen-bond donors (Lipinski definition) is 3. The van der Waals surface area contributed by atoms with Crippen LogP contribution in [-0.2, 0) is 14.3 Å². The van der Waals surface area contributed by atoms with Crippen LogP contribution in [0.3, 0.4) is 0 Å². The van der Waals surface area contributed by atoms with E-state index in [1.54, 1.807) is 6.92 Å². The van der Waals surface area contributed by atoms with Crippen LogP contribution in [0.4, 0.5) is 4.79 Å². The molecular weight excluding hydrogens is 408 g/mol. The van der Waals surface area contributed by atoms with Gasteiger partial charge in [0.05, 0.1) is 5.54 Å². The summed E-state index contributed by atoms with van der Waals surface area (Å²) < 4.78 is 5.60. The molecule has 1 unspecified atom stereocenters. The Labute approximate surface area is 187 Å². The predicted octanol–water partition coefficient (Wildman–Crippen LogP) is 3.82. The second-order valence-electron chi connectivity index (χ2n) is 8.81. The molecule has 0 saturated heterocycles. The minimum Gasteiger partial charge on any atom is -0.481 e. The smallest absolute Gasteiger partial charge is 0.407 e. The summed E-state index contributed by atoms with van der Waals surface area (Å²) in [6, 6.07) is 16.1. The highest BCUT2D eigenvalue weighted by molar-refractivity contribution is 5.80. The number of aliphatic carboxylic acids is 1. The van der Waals surface area contributed by atoms with Gasteiger partial charge in [0, 0.05) is 24.8 Å². The number of benzene rings is 2. The van der Waals surface area contributed by atoms with E-state index in [9.17, 15) is 14.4 Å². The molecule has 0 aromatic heterocycles. The molecule has 32 heavy (non-hydrogen) atoms. The first-order valence-corrected chi connectivity index (χ1v) is 11.0. The Morgan fingerprint density at radius 1 is 1.06 bits per heavy atom. The minimum atomic E-state index is -0.887. The summed E-state index contributed by atoms with van der Waals surface area (Å²) in [5.74, 6) is -1.09. The molecule has 2 aliphatic carbocycles. The Bertz CT molecular complexity index is 985. The van der Waals surface area contributed by atoms with Crippen LogP contribution in [-0.4, -0.2) is 41.3 Å². The number of carbonyl (C=O) groups excluding carboxylic acids is 2. The second kappa shape index (κ2) is 9.02. The Balaban J connectivity index is 1.30. The fourth-order valence-corrected chi connectivity index (χ4v) is 4.39. The molecule has 2 amide bonds. The van der Waals surface area contributed by atoms with Gasteiger partial charge in [-0.2, -0.15) is 0 Å². The zero-order valence-electron chi connectivity index (χ0n) is 18.1. The van der Waals surface area contributed by atoms with Crippen LogP contribution in [0.25, 0.3) is 11.1 Å². The van der Waals surface area contributed by atoms with E-state index < -0.39 is 17.6 Å². The van der Waals surface area contributed by atoms with E-state index in [4.69, 9.17) is 9.84 Å². The number of alkyl carbamates (subject to hydrolysis) is 1. The van der Waals surface area contributed by atoms with Gasteiger partial charge in [0.1, 0.15) is 6.61 Å². The van der Waals surface area contributed by atoms with Crippen molar-refractivity contribution in [3.63, 3.8) is 0 Å². The number of carboxylic acid groups (broad SMARTS) is 1. The normalized spacial score (nSPS) is 16.4. The molecule has 0 heterocycles. The average Bonchev–Trinajstić information content (AvgIpc) is 3.42. The number of fused-ring (bicyclic) bond motifs is 3. The standard InChI is InChI=1S/C25H28N2O5/c1-16(10-11-23(29)30)26-22(28)14-25(12-13-25)27-24(31)32-15-21-19-8-4-2-6-17(19)18-7-3-5-9-20(18)21/h2-9,16,21H,10-15H2,1H3,(H,26,28)(H,27,31)(H,29,30). The molecule has 7 heteroatoms. The van der Waals surface area contributed by atoms with Gasteiger partial charge in [-0.3, -0.25) is 9.59 Å². The van der Waals surface area contributed by atoms with Crippen molar-refractivity contribution >= 4 is 18.0 Å². The van der Waals surface area contributed by atoms with Crippen molar-refractivity contribution in [2.75, 3.05) is 6.61 Å². The molecule has 0 aliphatic heterocycles. The number of carbonyl (C=O) groups is 3. The first-order valence-electron chi connectivity index (χ1n) is 11.0. The fourth-order valence-electron chi connectivity index (χ4n) is 4.39. The van der Waals surface area contributed by atoms with E-state index in [1.807, 2.05) is 24.3 Å². The molecule has 7 nitrogen and oxygen atoms in total. The van der Waals surface area contributed by atoms with Crippen LogP contribution in [0.5, 0.6) is 0 Å². The summed E-state index contributed by atoms with van der Waals surface area (Å²) >= 11 is 0. The van der Waals surface area contributed by atoms with Gasteiger partial charge in [-0.1, -0.05) is 48.5 Å². The molecule has 1 fully saturated rings. The maximum Gasteiger partial charge on any atom is 0.407 e. The Morgan fingerprint density at radius 3 is 2.22 bits per heavy atom. The van der Waals surface area contributed by atoms with Gasteiger partial charge >= 0.3 is 12.1 Å². The van der Waals surface area contributed by atoms with Crippen molar-refractivity contribution < 1.29 is 24.2 Å². The number of carboxylic acids is 1. The molecule has 2 aromatic rings. The van der Waals surface area contributed by atoms with E-state index in [-0.39, 0.29) is 37.3 Å². The number of amides is 2. The first kappa shape index (κ1) is 21.9. The van der Waals surface area contributed by atoms with Gasteiger partial charge in [-0.25, -0.2) is 4.79 Å². The van der Waals surface area contributed by atoms with E-state index in [1.165, 1.54) is 11.1 Å². The number of nitrogens with one attached hydrogen (secondary N) is 2. The SMILES string of the molecule is CC(CCC(=O)O)NC(=O)CC1(NC(=O)OCC2c3ccccc3-c3ccccc32)CC1. The predicted molar refractivity (Wildman–Crippen MR) is 119 cm³/mol. The van der Waals surface area contributed by atoms with Crippen LogP contribution in [0.15, 0.2) is 48.5 Å². The molecule has 2 aromatic carbocycles. The van der Waals surface area contributed by atoms with Crippen molar-refractivity contribution in [3.05, 3.63) is 59.7 Å². The molecule has 1 atom stereocenters. The van der Waals surface area contributed by atoms with Crippen LogP contribution in [0.1, 0.15) is 56.1 Å². The minimum absolute atomic E-state index is 0.00455. The highest BCUT2D eigenvalue weighted by Crippen LogP contribution is 2.44. The zero-order chi connectivity index (χ0) is 22.7. The largest absolute Gasteiger partial charge is 0.481 e. The van der Waals surface area contributed by atoms with Gasteiger partial charge in [0.25, 0.3) is 0 Å². The molecule has 168 valence electrons. The monoisotopic (exact) mass is 436 g/mol. The lowest BCUT2D eigenvalue weighted by Gasteiger charge is -2.20. The van der Waals surface area contributed by atoms with E-state index in [2.05, 4.69) is 34.9 Å². The maximum atomic E-state index is 12.5. The van der Waals surface area contributed by atoms with E-state index >= 15 is 0 Å². The highest BCUT2D eigenvalue weighted by atomic mass is 16.5. The molecule has 0 spiro atoms. The topological polar surface area (TPSA) is 105 Å². The van der Waals surface area contributed by atoms with Crippen molar-refractivity contribution in [2.45, 2.75) is 56.5 Å². The second-order valence-corrected chi connectivity index (χ2v) is 8.81. The van der Waals surface area contributed by atoms with Gasteiger partial charge in [-0.15, -0.1) is 0 Å². The summed E-state index contributed by atoms with van der Waals surface area (Å²) in [6.07, 6.45) is 1.45. The molecule has 0 radical (unpaired) electrons. The van der Waals surface area contributed by atoms with Crippen LogP contribution in [0, 0.1) is 0 Å². The van der Waals surface area contributed by atoms with Crippen LogP contribution in [0.2, 0.25) is 0 Å². The van der Waals surface area contributed by atoms with Gasteiger partial charge < -0.3 is 20.5 Å². The summed E-state index contributed by atoms with van der Waals surface area (Å²) in [5, 5.41) is 14.4. The van der Waals surface area contributed by atoms with Crippen LogP contribution < -0.4 is 10.6 Å². The quantitative estimate of drug-likeness (QED) is 0.554. The van der Waals surface area contributed by atoms with E-state index in [0.29, 0.717) is 19.3 Å². The summed E-state index contributed by atoms with van der Waals surface area (Å²) in [7, 11) is 0. The Kier molecular flexibility index (Phi) is 6.17. The summed E-state index contributed by atoms with van der Waals surface area (Å²) in [6.45, 7) is 2.01. The number of rotatable bonds is 9. The Morgan fingerprint density at radius 2 is 1.66 bits per heavy atom. The lowest BCUT2D eigenvalue weighted by molar-refractivity contribution is -0.137. The van der Waals surface area contributed by atoms with Crippen molar-refractivity contribution in [1.29, 1.82) is 0 Å². The van der Waals surface area contributed by atoms with Crippen LogP contribution >= 0.6 is 0 Å². The van der Waals surface area contributed by atoms with Crippen molar-refractivity contribution in [2.24, 2.45) is 0 Å².